The second-order valence-corrected chi connectivity index (χ2v) is 5.96. The Morgan fingerprint density at radius 2 is 1.46 bits per heavy atom. The quantitative estimate of drug-likeness (QED) is 0.436. The zero-order valence-electron chi connectivity index (χ0n) is 8.75. The first-order valence-corrected chi connectivity index (χ1v) is 7.26. The molecule has 79 valence electrons. The van der Waals surface area contributed by atoms with Gasteiger partial charge in [-0.3, -0.25) is 0 Å². The van der Waals surface area contributed by atoms with Gasteiger partial charge in [-0.25, -0.2) is 5.11 Å². The van der Waals surface area contributed by atoms with Crippen molar-refractivity contribution >= 4 is 23.5 Å². The molecule has 0 rings (SSSR count). The zero-order chi connectivity index (χ0) is 9.94. The molecule has 0 saturated heterocycles. The highest BCUT2D eigenvalue weighted by Gasteiger charge is 2.07. The van der Waals surface area contributed by atoms with Gasteiger partial charge in [0.25, 0.3) is 0 Å². The van der Waals surface area contributed by atoms with Gasteiger partial charge in [-0.2, -0.15) is 0 Å². The van der Waals surface area contributed by atoms with Crippen molar-refractivity contribution in [2.24, 2.45) is 0 Å². The SMILES string of the molecule is CCCCSC(C[O])SCCCC. The second kappa shape index (κ2) is 10.7. The van der Waals surface area contributed by atoms with Gasteiger partial charge >= 0.3 is 0 Å². The average Bonchev–Trinajstić information content (AvgIpc) is 2.16. The summed E-state index contributed by atoms with van der Waals surface area (Å²) in [6.07, 6.45) is 4.96. The Bertz CT molecular complexity index is 88.9. The molecule has 0 aliphatic carbocycles. The van der Waals surface area contributed by atoms with Crippen molar-refractivity contribution in [2.75, 3.05) is 18.1 Å². The molecule has 0 aliphatic heterocycles. The molecule has 0 saturated carbocycles. The minimum atomic E-state index is 0.0722. The van der Waals surface area contributed by atoms with E-state index >= 15 is 0 Å². The van der Waals surface area contributed by atoms with Crippen LogP contribution in [0.2, 0.25) is 0 Å². The Kier molecular flexibility index (Phi) is 11.3. The number of unbranched alkanes of at least 4 members (excludes halogenated alkanes) is 2. The molecule has 0 atom stereocenters. The van der Waals surface area contributed by atoms with Crippen LogP contribution >= 0.6 is 23.5 Å². The number of thioether (sulfide) groups is 2. The molecule has 3 heteroatoms. The van der Waals surface area contributed by atoms with E-state index in [1.807, 2.05) is 23.5 Å². The summed E-state index contributed by atoms with van der Waals surface area (Å²) in [6, 6.07) is 0. The first-order valence-electron chi connectivity index (χ1n) is 5.16. The minimum absolute atomic E-state index is 0.0722. The van der Waals surface area contributed by atoms with Crippen molar-refractivity contribution in [3.63, 3.8) is 0 Å². The Hall–Kier alpha value is 0.660. The van der Waals surface area contributed by atoms with E-state index < -0.39 is 0 Å². The molecule has 0 aromatic rings. The predicted octanol–water partition coefficient (Wildman–Crippen LogP) is 3.81. The third-order valence-electron chi connectivity index (χ3n) is 1.74. The van der Waals surface area contributed by atoms with E-state index in [0.717, 1.165) is 11.5 Å². The van der Waals surface area contributed by atoms with Crippen LogP contribution < -0.4 is 0 Å². The summed E-state index contributed by atoms with van der Waals surface area (Å²) >= 11 is 3.69. The summed E-state index contributed by atoms with van der Waals surface area (Å²) in [4.78, 5) is 0. The maximum absolute atomic E-state index is 10.8. The van der Waals surface area contributed by atoms with Gasteiger partial charge in [0.15, 0.2) is 0 Å². The van der Waals surface area contributed by atoms with Crippen molar-refractivity contribution in [1.29, 1.82) is 0 Å². The highest BCUT2D eigenvalue weighted by Crippen LogP contribution is 2.25. The van der Waals surface area contributed by atoms with Gasteiger partial charge in [-0.05, 0) is 24.3 Å². The molecule has 1 nitrogen and oxygen atoms in total. The Morgan fingerprint density at radius 3 is 1.77 bits per heavy atom. The fourth-order valence-corrected chi connectivity index (χ4v) is 3.45. The van der Waals surface area contributed by atoms with Crippen LogP contribution in [-0.2, 0) is 5.11 Å². The van der Waals surface area contributed by atoms with Crippen molar-refractivity contribution < 1.29 is 5.11 Å². The molecular weight excluding hydrogens is 200 g/mol. The van der Waals surface area contributed by atoms with Gasteiger partial charge in [-0.1, -0.05) is 26.7 Å². The van der Waals surface area contributed by atoms with Crippen LogP contribution in [0, 0.1) is 0 Å². The summed E-state index contributed by atoms with van der Waals surface area (Å²) in [5.74, 6) is 2.31. The molecule has 0 aromatic carbocycles. The average molecular weight is 221 g/mol. The van der Waals surface area contributed by atoms with E-state index in [2.05, 4.69) is 13.8 Å². The van der Waals surface area contributed by atoms with E-state index in [1.54, 1.807) is 0 Å². The molecule has 0 fully saturated rings. The van der Waals surface area contributed by atoms with E-state index in [4.69, 9.17) is 0 Å². The highest BCUT2D eigenvalue weighted by molar-refractivity contribution is 8.17. The lowest BCUT2D eigenvalue weighted by molar-refractivity contribution is 0.210. The molecule has 1 radical (unpaired) electrons. The van der Waals surface area contributed by atoms with Gasteiger partial charge in [0, 0.05) is 0 Å². The standard InChI is InChI=1S/C10H21OS2/c1-3-5-7-12-10(9-11)13-8-6-4-2/h10H,3-9H2,1-2H3. The van der Waals surface area contributed by atoms with Crippen LogP contribution in [0.15, 0.2) is 0 Å². The van der Waals surface area contributed by atoms with E-state index in [0.29, 0.717) is 4.58 Å². The zero-order valence-corrected chi connectivity index (χ0v) is 10.4. The molecular formula is C10H21OS2. The Balaban J connectivity index is 3.28. The first-order chi connectivity index (χ1) is 6.35. The summed E-state index contributed by atoms with van der Waals surface area (Å²) in [6.45, 7) is 4.46. The van der Waals surface area contributed by atoms with Crippen LogP contribution in [0.3, 0.4) is 0 Å². The van der Waals surface area contributed by atoms with Crippen LogP contribution in [0.4, 0.5) is 0 Å². The molecule has 0 aromatic heterocycles. The number of rotatable bonds is 9. The maximum Gasteiger partial charge on any atom is 0.103 e. The topological polar surface area (TPSA) is 19.9 Å². The molecule has 0 heterocycles. The van der Waals surface area contributed by atoms with Crippen molar-refractivity contribution in [1.82, 2.24) is 0 Å². The normalized spacial score (nSPS) is 11.1. The summed E-state index contributed by atoms with van der Waals surface area (Å²) in [5.41, 5.74) is 0. The predicted molar refractivity (Wildman–Crippen MR) is 64.1 cm³/mol. The summed E-state index contributed by atoms with van der Waals surface area (Å²) in [5, 5.41) is 10.8. The smallest absolute Gasteiger partial charge is 0.103 e. The van der Waals surface area contributed by atoms with Crippen molar-refractivity contribution in [3.05, 3.63) is 0 Å². The first kappa shape index (κ1) is 13.7. The number of hydrogen-bond acceptors (Lipinski definition) is 2. The fourth-order valence-electron chi connectivity index (χ4n) is 0.863. The molecule has 0 aliphatic rings. The van der Waals surface area contributed by atoms with Crippen molar-refractivity contribution in [3.8, 4) is 0 Å². The Labute approximate surface area is 91.1 Å². The summed E-state index contributed by atoms with van der Waals surface area (Å²) < 4.78 is 0.304. The van der Waals surface area contributed by atoms with Gasteiger partial charge in [0.05, 0.1) is 4.58 Å². The highest BCUT2D eigenvalue weighted by atomic mass is 32.2. The van der Waals surface area contributed by atoms with E-state index in [-0.39, 0.29) is 6.61 Å². The van der Waals surface area contributed by atoms with Crippen LogP contribution in [0.5, 0.6) is 0 Å². The third-order valence-corrected chi connectivity index (χ3v) is 4.62. The largest absolute Gasteiger partial charge is 0.235 e. The fraction of sp³-hybridized carbons (Fsp3) is 1.00. The molecule has 0 N–H and O–H groups in total. The van der Waals surface area contributed by atoms with Gasteiger partial charge in [0.2, 0.25) is 0 Å². The van der Waals surface area contributed by atoms with Gasteiger partial charge in [-0.15, -0.1) is 23.5 Å². The molecule has 13 heavy (non-hydrogen) atoms. The van der Waals surface area contributed by atoms with Gasteiger partial charge < -0.3 is 0 Å². The third kappa shape index (κ3) is 8.98. The van der Waals surface area contributed by atoms with Gasteiger partial charge in [0.1, 0.15) is 6.61 Å². The second-order valence-electron chi connectivity index (χ2n) is 3.04. The monoisotopic (exact) mass is 221 g/mol. The molecule has 0 amide bonds. The van der Waals surface area contributed by atoms with Crippen LogP contribution in [0.1, 0.15) is 39.5 Å². The summed E-state index contributed by atoms with van der Waals surface area (Å²) in [7, 11) is 0. The molecule has 0 unspecified atom stereocenters. The lowest BCUT2D eigenvalue weighted by Gasteiger charge is -2.11. The van der Waals surface area contributed by atoms with E-state index in [9.17, 15) is 5.11 Å². The van der Waals surface area contributed by atoms with Crippen LogP contribution in [-0.4, -0.2) is 22.7 Å². The van der Waals surface area contributed by atoms with Crippen LogP contribution in [0.25, 0.3) is 0 Å². The molecule has 0 spiro atoms. The van der Waals surface area contributed by atoms with Crippen molar-refractivity contribution in [2.45, 2.75) is 44.1 Å². The lowest BCUT2D eigenvalue weighted by Crippen LogP contribution is -2.04. The molecule has 0 bridgehead atoms. The lowest BCUT2D eigenvalue weighted by atomic mass is 10.4. The minimum Gasteiger partial charge on any atom is -0.235 e. The maximum atomic E-state index is 10.8. The van der Waals surface area contributed by atoms with E-state index in [1.165, 1.54) is 25.7 Å². The Morgan fingerprint density at radius 1 is 1.00 bits per heavy atom. The number of hydrogen-bond donors (Lipinski definition) is 0.